The Morgan fingerprint density at radius 2 is 1.72 bits per heavy atom. The number of hydrogen-bond donors (Lipinski definition) is 1. The zero-order valence-electron chi connectivity index (χ0n) is 12.4. The van der Waals surface area contributed by atoms with Crippen molar-refractivity contribution in [3.05, 3.63) is 75.7 Å². The van der Waals surface area contributed by atoms with E-state index in [1.54, 1.807) is 35.1 Å². The minimum Gasteiger partial charge on any atom is -0.268 e. The van der Waals surface area contributed by atoms with Crippen LogP contribution in [0, 0.1) is 0 Å². The van der Waals surface area contributed by atoms with Crippen molar-refractivity contribution < 1.29 is 26.4 Å². The minimum atomic E-state index is -4.86. The van der Waals surface area contributed by atoms with Crippen molar-refractivity contribution in [3.63, 3.8) is 0 Å². The zero-order valence-corrected chi connectivity index (χ0v) is 14.0. The molecule has 0 atom stereocenters. The lowest BCUT2D eigenvalue weighted by molar-refractivity contribution is -0.137. The van der Waals surface area contributed by atoms with Crippen molar-refractivity contribution in [2.45, 2.75) is 6.18 Å². The van der Waals surface area contributed by atoms with E-state index in [1.165, 1.54) is 6.08 Å². The van der Waals surface area contributed by atoms with Crippen LogP contribution in [0.15, 0.2) is 53.9 Å². The molecule has 2 aromatic rings. The van der Waals surface area contributed by atoms with Crippen molar-refractivity contribution in [3.8, 4) is 0 Å². The van der Waals surface area contributed by atoms with Gasteiger partial charge in [0.15, 0.2) is 0 Å². The van der Waals surface area contributed by atoms with Crippen LogP contribution >= 0.6 is 11.6 Å². The Bertz CT molecular complexity index is 910. The van der Waals surface area contributed by atoms with Crippen LogP contribution in [0.2, 0.25) is 5.02 Å². The molecule has 4 nitrogen and oxygen atoms in total. The van der Waals surface area contributed by atoms with Gasteiger partial charge in [-0.25, -0.2) is 13.1 Å². The first-order chi connectivity index (χ1) is 11.6. The molecule has 1 N–H and O–H groups in total. The van der Waals surface area contributed by atoms with E-state index in [0.29, 0.717) is 17.0 Å². The molecule has 0 aliphatic heterocycles. The average Bonchev–Trinajstić information content (AvgIpc) is 2.52. The molecule has 0 aromatic heterocycles. The van der Waals surface area contributed by atoms with Crippen molar-refractivity contribution in [1.82, 2.24) is 4.72 Å². The van der Waals surface area contributed by atoms with E-state index in [-0.39, 0.29) is 5.02 Å². The molecule has 0 bridgehead atoms. The van der Waals surface area contributed by atoms with Gasteiger partial charge >= 0.3 is 6.18 Å². The standard InChI is InChI=1S/C16H11ClF3NO3S/c17-12-6-7-13(14(10-12)16(18,19)20)15(22)21-25(23,24)9-8-11-4-2-1-3-5-11/h1-10H,(H,21,22). The summed E-state index contributed by atoms with van der Waals surface area (Å²) < 4.78 is 64.3. The molecule has 9 heteroatoms. The summed E-state index contributed by atoms with van der Waals surface area (Å²) in [4.78, 5) is 12.0. The van der Waals surface area contributed by atoms with E-state index in [9.17, 15) is 26.4 Å². The highest BCUT2D eigenvalue weighted by Crippen LogP contribution is 2.33. The smallest absolute Gasteiger partial charge is 0.268 e. The summed E-state index contributed by atoms with van der Waals surface area (Å²) >= 11 is 5.52. The quantitative estimate of drug-likeness (QED) is 0.856. The van der Waals surface area contributed by atoms with Gasteiger partial charge in [-0.15, -0.1) is 0 Å². The van der Waals surface area contributed by atoms with Crippen LogP contribution in [0.1, 0.15) is 21.5 Å². The van der Waals surface area contributed by atoms with Crippen LogP contribution in [-0.4, -0.2) is 14.3 Å². The number of carbonyl (C=O) groups excluding carboxylic acids is 1. The Balaban J connectivity index is 2.26. The summed E-state index contributed by atoms with van der Waals surface area (Å²) in [5.74, 6) is -1.40. The van der Waals surface area contributed by atoms with Crippen LogP contribution < -0.4 is 4.72 Å². The predicted octanol–water partition coefficient (Wildman–Crippen LogP) is 4.09. The second-order valence-electron chi connectivity index (χ2n) is 4.88. The van der Waals surface area contributed by atoms with E-state index in [1.807, 2.05) is 0 Å². The Labute approximate surface area is 147 Å². The number of nitrogens with one attached hydrogen (secondary N) is 1. The first kappa shape index (κ1) is 19.0. The SMILES string of the molecule is O=C(NS(=O)(=O)C=Cc1ccccc1)c1ccc(Cl)cc1C(F)(F)F. The highest BCUT2D eigenvalue weighted by molar-refractivity contribution is 7.93. The third kappa shape index (κ3) is 5.33. The molecule has 2 aromatic carbocycles. The molecule has 0 radical (unpaired) electrons. The van der Waals surface area contributed by atoms with Gasteiger partial charge < -0.3 is 0 Å². The van der Waals surface area contributed by atoms with Crippen LogP contribution in [0.3, 0.4) is 0 Å². The molecule has 0 spiro atoms. The normalized spacial score (nSPS) is 12.3. The van der Waals surface area contributed by atoms with Crippen molar-refractivity contribution >= 4 is 33.6 Å². The number of sulfonamides is 1. The summed E-state index contributed by atoms with van der Waals surface area (Å²) in [6.45, 7) is 0. The Morgan fingerprint density at radius 3 is 2.32 bits per heavy atom. The van der Waals surface area contributed by atoms with Crippen LogP contribution in [0.4, 0.5) is 13.2 Å². The summed E-state index contributed by atoms with van der Waals surface area (Å²) in [5, 5.41) is 0.472. The Kier molecular flexibility index (Phi) is 5.54. The molecular weight excluding hydrogens is 379 g/mol. The Hall–Kier alpha value is -2.32. The highest BCUT2D eigenvalue weighted by atomic mass is 35.5. The van der Waals surface area contributed by atoms with Crippen LogP contribution in [-0.2, 0) is 16.2 Å². The number of hydrogen-bond acceptors (Lipinski definition) is 3. The lowest BCUT2D eigenvalue weighted by Gasteiger charge is -2.12. The first-order valence-electron chi connectivity index (χ1n) is 6.75. The maximum Gasteiger partial charge on any atom is 0.417 e. The number of benzene rings is 2. The second-order valence-corrected chi connectivity index (χ2v) is 6.88. The fraction of sp³-hybridized carbons (Fsp3) is 0.0625. The van der Waals surface area contributed by atoms with E-state index in [0.717, 1.165) is 12.1 Å². The Morgan fingerprint density at radius 1 is 1.08 bits per heavy atom. The van der Waals surface area contributed by atoms with Gasteiger partial charge in [0, 0.05) is 5.02 Å². The van der Waals surface area contributed by atoms with Gasteiger partial charge in [-0.1, -0.05) is 41.9 Å². The second kappa shape index (κ2) is 7.28. The molecule has 0 fully saturated rings. The lowest BCUT2D eigenvalue weighted by Crippen LogP contribution is -2.30. The zero-order chi connectivity index (χ0) is 18.7. The first-order valence-corrected chi connectivity index (χ1v) is 8.68. The molecular formula is C16H11ClF3NO3S. The van der Waals surface area contributed by atoms with Gasteiger partial charge in [0.05, 0.1) is 16.5 Å². The number of amides is 1. The summed E-state index contributed by atoms with van der Waals surface area (Å²) in [6, 6.07) is 10.8. The molecule has 132 valence electrons. The number of carbonyl (C=O) groups is 1. The third-order valence-electron chi connectivity index (χ3n) is 3.01. The lowest BCUT2D eigenvalue weighted by atomic mass is 10.1. The van der Waals surface area contributed by atoms with Gasteiger partial charge in [-0.2, -0.15) is 13.2 Å². The van der Waals surface area contributed by atoms with Crippen LogP contribution in [0.5, 0.6) is 0 Å². The minimum absolute atomic E-state index is 0.226. The number of alkyl halides is 3. The van der Waals surface area contributed by atoms with Gasteiger partial charge in [-0.3, -0.25) is 4.79 Å². The summed E-state index contributed by atoms with van der Waals surface area (Å²) in [5.41, 5.74) is -1.61. The predicted molar refractivity (Wildman–Crippen MR) is 88.3 cm³/mol. The number of rotatable bonds is 4. The van der Waals surface area contributed by atoms with Gasteiger partial charge in [0.25, 0.3) is 15.9 Å². The molecule has 0 aliphatic carbocycles. The fourth-order valence-corrected chi connectivity index (χ4v) is 2.84. The van der Waals surface area contributed by atoms with Crippen molar-refractivity contribution in [1.29, 1.82) is 0 Å². The maximum absolute atomic E-state index is 13.0. The van der Waals surface area contributed by atoms with Crippen molar-refractivity contribution in [2.75, 3.05) is 0 Å². The molecule has 0 saturated carbocycles. The molecule has 0 unspecified atom stereocenters. The maximum atomic E-state index is 13.0. The summed E-state index contributed by atoms with van der Waals surface area (Å²) in [7, 11) is -4.28. The van der Waals surface area contributed by atoms with E-state index < -0.39 is 33.2 Å². The van der Waals surface area contributed by atoms with Gasteiger partial charge in [0.2, 0.25) is 0 Å². The molecule has 25 heavy (non-hydrogen) atoms. The van der Waals surface area contributed by atoms with E-state index in [4.69, 9.17) is 11.6 Å². The van der Waals surface area contributed by atoms with E-state index in [2.05, 4.69) is 0 Å². The molecule has 0 saturated heterocycles. The molecule has 0 aliphatic rings. The largest absolute Gasteiger partial charge is 0.417 e. The molecule has 1 amide bonds. The monoisotopic (exact) mass is 389 g/mol. The van der Waals surface area contributed by atoms with Gasteiger partial charge in [0.1, 0.15) is 0 Å². The number of halogens is 4. The van der Waals surface area contributed by atoms with Crippen molar-refractivity contribution in [2.24, 2.45) is 0 Å². The average molecular weight is 390 g/mol. The molecule has 2 rings (SSSR count). The topological polar surface area (TPSA) is 63.2 Å². The van der Waals surface area contributed by atoms with Gasteiger partial charge in [-0.05, 0) is 29.8 Å². The highest BCUT2D eigenvalue weighted by Gasteiger charge is 2.36. The fourth-order valence-electron chi connectivity index (χ4n) is 1.90. The van der Waals surface area contributed by atoms with Crippen LogP contribution in [0.25, 0.3) is 6.08 Å². The molecule has 0 heterocycles. The van der Waals surface area contributed by atoms with E-state index >= 15 is 0 Å². The summed E-state index contributed by atoms with van der Waals surface area (Å²) in [6.07, 6.45) is -3.65. The third-order valence-corrected chi connectivity index (χ3v) is 4.21.